The monoisotopic (exact) mass is 911 g/mol. The molecule has 0 unspecified atom stereocenters. The van der Waals surface area contributed by atoms with Crippen molar-refractivity contribution in [1.29, 1.82) is 0 Å². The first-order chi connectivity index (χ1) is 33.1. The molecule has 13 rings (SSSR count). The third-order valence-corrected chi connectivity index (χ3v) is 13.3. The zero-order valence-corrected chi connectivity index (χ0v) is 37.7. The van der Waals surface area contributed by atoms with Crippen LogP contribution in [0.4, 0.5) is 11.4 Å². The lowest BCUT2D eigenvalue weighted by molar-refractivity contribution is 0.120. The second-order valence-electron chi connectivity index (χ2n) is 17.9. The van der Waals surface area contributed by atoms with E-state index in [1.165, 1.54) is 25.7 Å². The normalized spacial score (nSPS) is 18.1. The second-order valence-corrected chi connectivity index (χ2v) is 18.3. The lowest BCUT2D eigenvalue weighted by Gasteiger charge is -2.14. The van der Waals surface area contributed by atoms with Gasteiger partial charge in [-0.1, -0.05) is 60.1 Å². The number of rotatable bonds is 13. The number of halogens is 1. The van der Waals surface area contributed by atoms with Gasteiger partial charge >= 0.3 is 0 Å². The Labute approximate surface area is 391 Å². The third-order valence-electron chi connectivity index (χ3n) is 13.1. The van der Waals surface area contributed by atoms with Gasteiger partial charge in [-0.2, -0.15) is 10.2 Å². The highest BCUT2D eigenvalue weighted by Gasteiger charge is 2.28. The third kappa shape index (κ3) is 8.89. The number of aromatic amines is 2. The number of anilines is 2. The summed E-state index contributed by atoms with van der Waals surface area (Å²) in [6.07, 6.45) is 21.0. The molecule has 0 spiro atoms. The summed E-state index contributed by atoms with van der Waals surface area (Å²) >= 11 is 6.33. The van der Waals surface area contributed by atoms with E-state index in [1.54, 1.807) is 16.9 Å². The fraction of sp³-hybridized carbons (Fsp3) is 0.314. The summed E-state index contributed by atoms with van der Waals surface area (Å²) in [4.78, 5) is 29.5. The van der Waals surface area contributed by atoms with Gasteiger partial charge in [0, 0.05) is 73.3 Å². The van der Waals surface area contributed by atoms with Crippen molar-refractivity contribution >= 4 is 34.3 Å². The highest BCUT2D eigenvalue weighted by Crippen LogP contribution is 2.40. The van der Waals surface area contributed by atoms with Gasteiger partial charge in [0.2, 0.25) is 0 Å². The van der Waals surface area contributed by atoms with E-state index in [-0.39, 0.29) is 12.2 Å². The molecule has 4 N–H and O–H groups in total. The topological polar surface area (TPSA) is 173 Å². The van der Waals surface area contributed by atoms with Crippen LogP contribution in [0, 0.1) is 0 Å². The minimum Gasteiger partial charge on any atom is -0.379 e. The summed E-state index contributed by atoms with van der Waals surface area (Å²) in [5.41, 5.74) is 13.5. The highest BCUT2D eigenvalue weighted by atomic mass is 35.5. The van der Waals surface area contributed by atoms with Crippen molar-refractivity contribution < 1.29 is 9.47 Å². The van der Waals surface area contributed by atoms with Crippen LogP contribution >= 0.6 is 11.6 Å². The number of fused-ring (bicyclic) bond motifs is 2. The Hall–Kier alpha value is -6.94. The first kappa shape index (κ1) is 41.5. The highest BCUT2D eigenvalue weighted by molar-refractivity contribution is 6.29. The zero-order valence-electron chi connectivity index (χ0n) is 36.9. The number of nitrogens with zero attached hydrogens (tertiary/aromatic N) is 9. The fourth-order valence-corrected chi connectivity index (χ4v) is 9.20. The van der Waals surface area contributed by atoms with Gasteiger partial charge < -0.3 is 30.1 Å². The molecule has 4 aliphatic rings. The van der Waals surface area contributed by atoms with Gasteiger partial charge in [0.1, 0.15) is 11.6 Å². The second kappa shape index (κ2) is 18.0. The molecule has 15 nitrogen and oxygen atoms in total. The van der Waals surface area contributed by atoms with Crippen molar-refractivity contribution in [3.05, 3.63) is 127 Å². The predicted molar refractivity (Wildman–Crippen MR) is 259 cm³/mol. The minimum absolute atomic E-state index is 0.229. The Balaban J connectivity index is 0.000000141. The standard InChI is InChI=1S/C28H27N7O.C23H23ClN6O/c1-2-22(36-13-1)15-30-24-14-23(19-9-11-29-12-10-19)34-35-26(17-32-28(24)35)20-5-3-18(4-6-20)25-16-31-27(33-25)21-7-8-21;24-21-10-18(25-11-17-2-1-9-31-17)23-27-13-20(30(23)29-21)15-5-3-14(4-6-15)19-12-26-22(28-19)16-7-8-16/h3-6,9-12,14,16-17,21-22,30H,1-2,7-8,13,15H2,(H,31,33);3-6,10,12-13,16-17,25H,1-2,7-9,11H2,(H,26,28)/t22-;17-/m11/s1. The van der Waals surface area contributed by atoms with E-state index in [9.17, 15) is 0 Å². The summed E-state index contributed by atoms with van der Waals surface area (Å²) in [5, 5.41) is 16.9. The van der Waals surface area contributed by atoms with Crippen LogP contribution in [-0.2, 0) is 9.47 Å². The van der Waals surface area contributed by atoms with E-state index in [2.05, 4.69) is 100 Å². The van der Waals surface area contributed by atoms with Crippen molar-refractivity contribution in [3.63, 3.8) is 0 Å². The average molecular weight is 913 g/mol. The van der Waals surface area contributed by atoms with E-state index in [0.29, 0.717) is 17.0 Å². The van der Waals surface area contributed by atoms with Gasteiger partial charge in [0.15, 0.2) is 16.4 Å². The molecule has 2 saturated carbocycles. The van der Waals surface area contributed by atoms with Crippen molar-refractivity contribution in [1.82, 2.24) is 54.1 Å². The van der Waals surface area contributed by atoms with E-state index in [4.69, 9.17) is 31.2 Å². The van der Waals surface area contributed by atoms with Gasteiger partial charge in [-0.05, 0) is 80.7 Å². The molecule has 338 valence electrons. The molecule has 0 bridgehead atoms. The van der Waals surface area contributed by atoms with Crippen LogP contribution in [-0.4, -0.2) is 92.6 Å². The predicted octanol–water partition coefficient (Wildman–Crippen LogP) is 10.2. The van der Waals surface area contributed by atoms with Crippen LogP contribution in [0.15, 0.2) is 110 Å². The molecule has 2 aliphatic heterocycles. The summed E-state index contributed by atoms with van der Waals surface area (Å²) in [6, 6.07) is 24.7. The molecular weight excluding hydrogens is 862 g/mol. The Kier molecular flexibility index (Phi) is 11.2. The molecule has 0 radical (unpaired) electrons. The van der Waals surface area contributed by atoms with E-state index < -0.39 is 0 Å². The molecule has 2 saturated heterocycles. The molecule has 2 aromatic carbocycles. The van der Waals surface area contributed by atoms with Crippen LogP contribution in [0.25, 0.3) is 67.6 Å². The van der Waals surface area contributed by atoms with Gasteiger partial charge in [-0.25, -0.2) is 29.0 Å². The van der Waals surface area contributed by atoms with E-state index >= 15 is 0 Å². The number of H-pyrrole nitrogens is 2. The largest absolute Gasteiger partial charge is 0.379 e. The van der Waals surface area contributed by atoms with E-state index in [1.807, 2.05) is 47.5 Å². The van der Waals surface area contributed by atoms with Crippen LogP contribution < -0.4 is 10.6 Å². The lowest BCUT2D eigenvalue weighted by atomic mass is 10.1. The first-order valence-corrected chi connectivity index (χ1v) is 23.8. The Bertz CT molecular complexity index is 3140. The molecule has 9 aromatic rings. The molecule has 7 aromatic heterocycles. The molecule has 0 amide bonds. The maximum absolute atomic E-state index is 6.33. The number of imidazole rings is 4. The van der Waals surface area contributed by atoms with Crippen LogP contribution in [0.5, 0.6) is 0 Å². The number of ether oxygens (including phenoxy) is 2. The van der Waals surface area contributed by atoms with Crippen molar-refractivity contribution in [3.8, 4) is 56.3 Å². The molecule has 67 heavy (non-hydrogen) atoms. The summed E-state index contributed by atoms with van der Waals surface area (Å²) < 4.78 is 15.3. The zero-order chi connectivity index (χ0) is 44.7. The van der Waals surface area contributed by atoms with Gasteiger partial charge in [0.25, 0.3) is 0 Å². The number of pyridine rings is 1. The van der Waals surface area contributed by atoms with Crippen molar-refractivity contribution in [2.24, 2.45) is 0 Å². The molecule has 16 heteroatoms. The maximum atomic E-state index is 6.33. The molecule has 9 heterocycles. The van der Waals surface area contributed by atoms with Crippen LogP contribution in [0.1, 0.15) is 74.9 Å². The quantitative estimate of drug-likeness (QED) is 0.0867. The molecule has 2 aliphatic carbocycles. The van der Waals surface area contributed by atoms with E-state index in [0.717, 1.165) is 143 Å². The summed E-state index contributed by atoms with van der Waals surface area (Å²) in [6.45, 7) is 3.16. The number of nitrogens with one attached hydrogen (secondary N) is 4. The average Bonchev–Trinajstić information content (AvgIpc) is 3.85. The maximum Gasteiger partial charge on any atom is 0.177 e. The minimum atomic E-state index is 0.229. The van der Waals surface area contributed by atoms with Gasteiger partial charge in [0.05, 0.1) is 76.8 Å². The molecular formula is C51H50ClN13O2. The lowest BCUT2D eigenvalue weighted by Crippen LogP contribution is -2.19. The first-order valence-electron chi connectivity index (χ1n) is 23.4. The van der Waals surface area contributed by atoms with Crippen LogP contribution in [0.3, 0.4) is 0 Å². The number of benzene rings is 2. The van der Waals surface area contributed by atoms with Gasteiger partial charge in [-0.15, -0.1) is 0 Å². The fourth-order valence-electron chi connectivity index (χ4n) is 9.02. The van der Waals surface area contributed by atoms with Crippen molar-refractivity contribution in [2.45, 2.75) is 75.4 Å². The smallest absolute Gasteiger partial charge is 0.177 e. The summed E-state index contributed by atoms with van der Waals surface area (Å²) in [7, 11) is 0. The number of hydrogen-bond acceptors (Lipinski definition) is 11. The number of hydrogen-bond donors (Lipinski definition) is 4. The molecule has 4 fully saturated rings. The summed E-state index contributed by atoms with van der Waals surface area (Å²) in [5.74, 6) is 3.43. The SMILES string of the molecule is Clc1cc(NC[C@H]2CCCO2)c2ncc(-c3ccc(-c4cnc(C5CC5)[nH]4)cc3)n2n1.c1cc(-c2cc(NC[C@H]3CCCO3)c3ncc(-c4ccc(-c5cnc(C6CC6)[nH]5)cc4)n3n2)ccn1. The van der Waals surface area contributed by atoms with Crippen LogP contribution in [0.2, 0.25) is 5.15 Å². The number of aromatic nitrogens is 11. The van der Waals surface area contributed by atoms with Crippen molar-refractivity contribution in [2.75, 3.05) is 36.9 Å². The molecule has 2 atom stereocenters. The Morgan fingerprint density at radius 3 is 1.54 bits per heavy atom. The Morgan fingerprint density at radius 1 is 0.552 bits per heavy atom. The van der Waals surface area contributed by atoms with Gasteiger partial charge in [-0.3, -0.25) is 4.98 Å². The Morgan fingerprint density at radius 2 is 1.04 bits per heavy atom.